The fraction of sp³-hybridized carbons (Fsp3) is 0.176. The lowest BCUT2D eigenvalue weighted by Crippen LogP contribution is -2.27. The van der Waals surface area contributed by atoms with Crippen LogP contribution in [0.15, 0.2) is 48.5 Å². The summed E-state index contributed by atoms with van der Waals surface area (Å²) < 4.78 is 0. The summed E-state index contributed by atoms with van der Waals surface area (Å²) in [5.74, 6) is -0.582. The minimum atomic E-state index is -0.519. The Morgan fingerprint density at radius 2 is 1.83 bits per heavy atom. The largest absolute Gasteiger partial charge is 0.352 e. The molecule has 124 valence electrons. The molecule has 2 amide bonds. The third-order valence-corrected chi connectivity index (χ3v) is 3.38. The number of carbonyl (C=O) groups is 2. The first-order chi connectivity index (χ1) is 11.5. The van der Waals surface area contributed by atoms with Crippen molar-refractivity contribution in [2.24, 2.45) is 0 Å². The number of nitrogens with one attached hydrogen (secondary N) is 2. The van der Waals surface area contributed by atoms with E-state index >= 15 is 0 Å². The lowest BCUT2D eigenvalue weighted by Gasteiger charge is -2.09. The van der Waals surface area contributed by atoms with Gasteiger partial charge >= 0.3 is 0 Å². The Hall–Kier alpha value is -3.22. The number of hydrogen-bond donors (Lipinski definition) is 2. The number of hydrogen-bond acceptors (Lipinski definition) is 4. The van der Waals surface area contributed by atoms with E-state index in [1.54, 1.807) is 37.3 Å². The molecule has 2 aromatic rings. The maximum atomic E-state index is 11.9. The van der Waals surface area contributed by atoms with E-state index in [1.807, 2.05) is 6.07 Å². The van der Waals surface area contributed by atoms with E-state index in [1.165, 1.54) is 12.1 Å². The number of rotatable bonds is 6. The molecule has 2 aromatic carbocycles. The van der Waals surface area contributed by atoms with Crippen molar-refractivity contribution in [1.29, 1.82) is 0 Å². The van der Waals surface area contributed by atoms with Crippen LogP contribution >= 0.6 is 0 Å². The van der Waals surface area contributed by atoms with E-state index in [4.69, 9.17) is 0 Å². The lowest BCUT2D eigenvalue weighted by atomic mass is 10.1. The molecule has 0 atom stereocenters. The third kappa shape index (κ3) is 4.64. The smallest absolute Gasteiger partial charge is 0.271 e. The molecule has 2 rings (SSSR count). The zero-order valence-corrected chi connectivity index (χ0v) is 13.1. The molecule has 0 aromatic heterocycles. The second-order valence-corrected chi connectivity index (χ2v) is 5.18. The third-order valence-electron chi connectivity index (χ3n) is 3.38. The maximum absolute atomic E-state index is 11.9. The van der Waals surface area contributed by atoms with Gasteiger partial charge in [0.25, 0.3) is 11.6 Å². The Bertz CT molecular complexity index is 760. The molecule has 0 bridgehead atoms. The van der Waals surface area contributed by atoms with E-state index in [9.17, 15) is 19.7 Å². The van der Waals surface area contributed by atoms with E-state index in [2.05, 4.69) is 10.6 Å². The summed E-state index contributed by atoms with van der Waals surface area (Å²) in [7, 11) is 0. The highest BCUT2D eigenvalue weighted by Crippen LogP contribution is 2.21. The van der Waals surface area contributed by atoms with Crippen molar-refractivity contribution in [3.8, 4) is 0 Å². The standard InChI is InChI=1S/C17H17N3O4/c1-12-7-8-14(20(23)24)11-15(12)19-16(21)9-10-18-17(22)13-5-3-2-4-6-13/h2-8,11H,9-10H2,1H3,(H,18,22)(H,19,21). The number of nitro benzene ring substituents is 1. The highest BCUT2D eigenvalue weighted by atomic mass is 16.6. The molecule has 0 aliphatic rings. The van der Waals surface area contributed by atoms with Gasteiger partial charge in [-0.3, -0.25) is 19.7 Å². The second kappa shape index (κ2) is 7.87. The zero-order chi connectivity index (χ0) is 17.5. The van der Waals surface area contributed by atoms with Crippen LogP contribution in [0, 0.1) is 17.0 Å². The highest BCUT2D eigenvalue weighted by Gasteiger charge is 2.11. The molecule has 0 aliphatic heterocycles. The highest BCUT2D eigenvalue weighted by molar-refractivity contribution is 5.95. The molecule has 0 aliphatic carbocycles. The molecule has 0 fully saturated rings. The number of nitrogens with zero attached hydrogens (tertiary/aromatic N) is 1. The van der Waals surface area contributed by atoms with Gasteiger partial charge < -0.3 is 10.6 Å². The Balaban J connectivity index is 1.87. The van der Waals surface area contributed by atoms with Crippen LogP contribution in [-0.2, 0) is 4.79 Å². The summed E-state index contributed by atoms with van der Waals surface area (Å²) >= 11 is 0. The van der Waals surface area contributed by atoms with Crippen LogP contribution in [0.2, 0.25) is 0 Å². The van der Waals surface area contributed by atoms with Gasteiger partial charge in [-0.25, -0.2) is 0 Å². The normalized spacial score (nSPS) is 10.0. The molecule has 7 nitrogen and oxygen atoms in total. The molecule has 7 heteroatoms. The van der Waals surface area contributed by atoms with E-state index in [0.29, 0.717) is 11.3 Å². The molecule has 0 unspecified atom stereocenters. The summed E-state index contributed by atoms with van der Waals surface area (Å²) in [4.78, 5) is 34.0. The molecule has 0 heterocycles. The fourth-order valence-corrected chi connectivity index (χ4v) is 2.05. The first-order valence-electron chi connectivity index (χ1n) is 7.35. The number of anilines is 1. The number of amides is 2. The van der Waals surface area contributed by atoms with Crippen LogP contribution in [0.25, 0.3) is 0 Å². The van der Waals surface area contributed by atoms with Crippen molar-refractivity contribution >= 4 is 23.2 Å². The van der Waals surface area contributed by atoms with Gasteiger partial charge in [0.2, 0.25) is 5.91 Å². The van der Waals surface area contributed by atoms with Gasteiger partial charge in [-0.2, -0.15) is 0 Å². The Morgan fingerprint density at radius 1 is 1.12 bits per heavy atom. The maximum Gasteiger partial charge on any atom is 0.271 e. The summed E-state index contributed by atoms with van der Waals surface area (Å²) in [5, 5.41) is 16.1. The van der Waals surface area contributed by atoms with Crippen molar-refractivity contribution < 1.29 is 14.5 Å². The summed E-state index contributed by atoms with van der Waals surface area (Å²) in [6.07, 6.45) is 0.0701. The van der Waals surface area contributed by atoms with Gasteiger partial charge in [-0.1, -0.05) is 24.3 Å². The Labute approximate surface area is 138 Å². The predicted molar refractivity (Wildman–Crippen MR) is 89.9 cm³/mol. The van der Waals surface area contributed by atoms with Gasteiger partial charge in [-0.05, 0) is 24.6 Å². The minimum Gasteiger partial charge on any atom is -0.352 e. The number of benzene rings is 2. The topological polar surface area (TPSA) is 101 Å². The molecule has 0 radical (unpaired) electrons. The Kier molecular flexibility index (Phi) is 5.62. The van der Waals surface area contributed by atoms with Crippen LogP contribution in [0.5, 0.6) is 0 Å². The first kappa shape index (κ1) is 17.1. The molecule has 0 saturated carbocycles. The SMILES string of the molecule is Cc1ccc([N+](=O)[O-])cc1NC(=O)CCNC(=O)c1ccccc1. The zero-order valence-electron chi connectivity index (χ0n) is 13.1. The van der Waals surface area contributed by atoms with Crippen molar-refractivity contribution in [3.63, 3.8) is 0 Å². The quantitative estimate of drug-likeness (QED) is 0.629. The molecular weight excluding hydrogens is 310 g/mol. The molecule has 0 saturated heterocycles. The van der Waals surface area contributed by atoms with Crippen LogP contribution in [0.3, 0.4) is 0 Å². The van der Waals surface area contributed by atoms with Gasteiger partial charge in [0.1, 0.15) is 0 Å². The molecule has 2 N–H and O–H groups in total. The van der Waals surface area contributed by atoms with E-state index in [0.717, 1.165) is 5.56 Å². The minimum absolute atomic E-state index is 0.0701. The van der Waals surface area contributed by atoms with Gasteiger partial charge in [0, 0.05) is 30.7 Å². The lowest BCUT2D eigenvalue weighted by molar-refractivity contribution is -0.384. The first-order valence-corrected chi connectivity index (χ1v) is 7.35. The summed E-state index contributed by atoms with van der Waals surface area (Å²) in [6, 6.07) is 13.0. The van der Waals surface area contributed by atoms with Crippen LogP contribution in [0.1, 0.15) is 22.3 Å². The van der Waals surface area contributed by atoms with Crippen LogP contribution < -0.4 is 10.6 Å². The number of non-ortho nitro benzene ring substituents is 1. The number of aryl methyl sites for hydroxylation is 1. The summed E-state index contributed by atoms with van der Waals surface area (Å²) in [5.41, 5.74) is 1.55. The van der Waals surface area contributed by atoms with Gasteiger partial charge in [-0.15, -0.1) is 0 Å². The summed E-state index contributed by atoms with van der Waals surface area (Å²) in [6.45, 7) is 1.92. The second-order valence-electron chi connectivity index (χ2n) is 5.18. The predicted octanol–water partition coefficient (Wildman–Crippen LogP) is 2.66. The van der Waals surface area contributed by atoms with Crippen molar-refractivity contribution in [3.05, 3.63) is 69.8 Å². The average Bonchev–Trinajstić information content (AvgIpc) is 2.57. The van der Waals surface area contributed by atoms with E-state index in [-0.39, 0.29) is 30.5 Å². The number of nitro groups is 1. The van der Waals surface area contributed by atoms with Gasteiger partial charge in [0.05, 0.1) is 10.6 Å². The fourth-order valence-electron chi connectivity index (χ4n) is 2.05. The van der Waals surface area contributed by atoms with Crippen molar-refractivity contribution in [1.82, 2.24) is 5.32 Å². The molecule has 0 spiro atoms. The average molecular weight is 327 g/mol. The molecular formula is C17H17N3O4. The van der Waals surface area contributed by atoms with E-state index < -0.39 is 4.92 Å². The van der Waals surface area contributed by atoms with Crippen molar-refractivity contribution in [2.75, 3.05) is 11.9 Å². The molecule has 24 heavy (non-hydrogen) atoms. The Morgan fingerprint density at radius 3 is 2.50 bits per heavy atom. The van der Waals surface area contributed by atoms with Crippen molar-refractivity contribution in [2.45, 2.75) is 13.3 Å². The van der Waals surface area contributed by atoms with Crippen LogP contribution in [-0.4, -0.2) is 23.3 Å². The van der Waals surface area contributed by atoms with Crippen LogP contribution in [0.4, 0.5) is 11.4 Å². The monoisotopic (exact) mass is 327 g/mol. The van der Waals surface area contributed by atoms with Gasteiger partial charge in [0.15, 0.2) is 0 Å². The number of carbonyl (C=O) groups excluding carboxylic acids is 2.